The summed E-state index contributed by atoms with van der Waals surface area (Å²) < 4.78 is 16.9. The summed E-state index contributed by atoms with van der Waals surface area (Å²) in [6.07, 6.45) is 3.29. The molecule has 31 heavy (non-hydrogen) atoms. The Morgan fingerprint density at radius 1 is 1.06 bits per heavy atom. The van der Waals surface area contributed by atoms with Crippen LogP contribution >= 0.6 is 0 Å². The van der Waals surface area contributed by atoms with E-state index in [1.165, 1.54) is 17.8 Å². The number of aromatic nitrogens is 1. The summed E-state index contributed by atoms with van der Waals surface area (Å²) in [4.78, 5) is 28.5. The molecule has 1 aliphatic heterocycles. The van der Waals surface area contributed by atoms with Crippen LogP contribution in [0.25, 0.3) is 10.9 Å². The second kappa shape index (κ2) is 7.81. The minimum absolute atomic E-state index is 0.135. The lowest BCUT2D eigenvalue weighted by Gasteiger charge is -2.36. The summed E-state index contributed by atoms with van der Waals surface area (Å²) in [5.41, 5.74) is 1.42. The van der Waals surface area contributed by atoms with Crippen LogP contribution in [0.2, 0.25) is 0 Å². The molecule has 160 valence electrons. The average molecular weight is 421 g/mol. The van der Waals surface area contributed by atoms with E-state index < -0.39 is 17.2 Å². The number of halogens is 1. The van der Waals surface area contributed by atoms with E-state index in [9.17, 15) is 14.7 Å². The fraction of sp³-hybridized carbons (Fsp3) is 0.333. The minimum Gasteiger partial charge on any atom is -0.477 e. The van der Waals surface area contributed by atoms with Crippen LogP contribution in [0.5, 0.6) is 0 Å². The van der Waals surface area contributed by atoms with E-state index in [1.807, 2.05) is 27.7 Å². The molecule has 2 aliphatic rings. The summed E-state index contributed by atoms with van der Waals surface area (Å²) in [6.45, 7) is 3.89. The van der Waals surface area contributed by atoms with Gasteiger partial charge in [-0.2, -0.15) is 0 Å². The maximum Gasteiger partial charge on any atom is 0.341 e. The number of fused-ring (bicyclic) bond motifs is 1. The highest BCUT2D eigenvalue weighted by Crippen LogP contribution is 2.38. The number of pyridine rings is 1. The van der Waals surface area contributed by atoms with Crippen molar-refractivity contribution in [1.82, 2.24) is 9.47 Å². The Bertz CT molecular complexity index is 1200. The molecule has 0 amide bonds. The number of hydrogen-bond donors (Lipinski definition) is 1. The minimum atomic E-state index is -1.28. The molecule has 1 N–H and O–H groups in total. The number of carboxylic acid groups (broad SMARTS) is 1. The van der Waals surface area contributed by atoms with Gasteiger partial charge in [0.25, 0.3) is 0 Å². The molecule has 2 fully saturated rings. The SMILES string of the molecule is O=C(O)c1cn(C2CC2)c2cc(N3CCN(Cc4ccccc4)CC3)c(F)cc2c1=O. The van der Waals surface area contributed by atoms with Crippen molar-refractivity contribution in [3.05, 3.63) is 75.8 Å². The third kappa shape index (κ3) is 3.81. The smallest absolute Gasteiger partial charge is 0.341 e. The quantitative estimate of drug-likeness (QED) is 0.683. The highest BCUT2D eigenvalue weighted by molar-refractivity contribution is 5.93. The average Bonchev–Trinajstić information content (AvgIpc) is 3.60. The third-order valence-electron chi connectivity index (χ3n) is 6.23. The standard InChI is InChI=1S/C24H24FN3O3/c25-20-12-18-21(28(17-6-7-17)15-19(23(18)29)24(30)31)13-22(20)27-10-8-26(9-11-27)14-16-4-2-1-3-5-16/h1-5,12-13,15,17H,6-11,14H2,(H,30,31). The van der Waals surface area contributed by atoms with Crippen molar-refractivity contribution in [2.24, 2.45) is 0 Å². The Morgan fingerprint density at radius 3 is 2.42 bits per heavy atom. The predicted molar refractivity (Wildman–Crippen MR) is 117 cm³/mol. The van der Waals surface area contributed by atoms with E-state index in [-0.39, 0.29) is 17.0 Å². The summed E-state index contributed by atoms with van der Waals surface area (Å²) in [5.74, 6) is -1.76. The number of carboxylic acids is 1. The van der Waals surface area contributed by atoms with Gasteiger partial charge in [-0.3, -0.25) is 9.69 Å². The van der Waals surface area contributed by atoms with E-state index in [4.69, 9.17) is 0 Å². The normalized spacial score (nSPS) is 17.3. The van der Waals surface area contributed by atoms with Crippen LogP contribution in [0, 0.1) is 5.82 Å². The van der Waals surface area contributed by atoms with Gasteiger partial charge in [0.1, 0.15) is 11.4 Å². The van der Waals surface area contributed by atoms with Gasteiger partial charge >= 0.3 is 5.97 Å². The molecule has 0 spiro atoms. The van der Waals surface area contributed by atoms with Crippen LogP contribution in [-0.2, 0) is 6.54 Å². The fourth-order valence-corrected chi connectivity index (χ4v) is 4.40. The Hall–Kier alpha value is -3.19. The van der Waals surface area contributed by atoms with Crippen LogP contribution in [0.1, 0.15) is 34.8 Å². The summed E-state index contributed by atoms with van der Waals surface area (Å²) in [6, 6.07) is 13.4. The second-order valence-corrected chi connectivity index (χ2v) is 8.39. The molecule has 1 aromatic heterocycles. The van der Waals surface area contributed by atoms with Gasteiger partial charge in [0.2, 0.25) is 5.43 Å². The van der Waals surface area contributed by atoms with Crippen molar-refractivity contribution >= 4 is 22.6 Å². The molecule has 0 radical (unpaired) electrons. The molecule has 1 aliphatic carbocycles. The van der Waals surface area contributed by atoms with Gasteiger partial charge in [0.05, 0.1) is 11.2 Å². The number of benzene rings is 2. The molecule has 1 saturated carbocycles. The molecule has 1 saturated heterocycles. The molecule has 3 aromatic rings. The zero-order chi connectivity index (χ0) is 21.5. The van der Waals surface area contributed by atoms with Crippen molar-refractivity contribution in [2.45, 2.75) is 25.4 Å². The first-order valence-electron chi connectivity index (χ1n) is 10.6. The van der Waals surface area contributed by atoms with Crippen LogP contribution in [0.15, 0.2) is 53.5 Å². The summed E-state index contributed by atoms with van der Waals surface area (Å²) in [7, 11) is 0. The number of piperazine rings is 1. The zero-order valence-corrected chi connectivity index (χ0v) is 17.1. The van der Waals surface area contributed by atoms with Crippen LogP contribution in [-0.4, -0.2) is 46.7 Å². The van der Waals surface area contributed by atoms with Gasteiger partial charge < -0.3 is 14.6 Å². The van der Waals surface area contributed by atoms with E-state index in [1.54, 1.807) is 6.07 Å². The van der Waals surface area contributed by atoms with Gasteiger partial charge in [-0.1, -0.05) is 30.3 Å². The topological polar surface area (TPSA) is 65.8 Å². The number of anilines is 1. The Kier molecular flexibility index (Phi) is 4.98. The monoisotopic (exact) mass is 421 g/mol. The largest absolute Gasteiger partial charge is 0.477 e. The van der Waals surface area contributed by atoms with Crippen molar-refractivity contribution in [1.29, 1.82) is 0 Å². The highest BCUT2D eigenvalue weighted by Gasteiger charge is 2.28. The van der Waals surface area contributed by atoms with E-state index in [0.29, 0.717) is 24.3 Å². The molecule has 5 rings (SSSR count). The Morgan fingerprint density at radius 2 is 1.77 bits per heavy atom. The third-order valence-corrected chi connectivity index (χ3v) is 6.23. The summed E-state index contributed by atoms with van der Waals surface area (Å²) in [5, 5.41) is 9.53. The molecule has 2 heterocycles. The van der Waals surface area contributed by atoms with E-state index in [0.717, 1.165) is 32.5 Å². The molecule has 0 atom stereocenters. The predicted octanol–water partition coefficient (Wildman–Crippen LogP) is 3.50. The Labute approximate surface area is 179 Å². The molecule has 0 unspecified atom stereocenters. The molecule has 6 nitrogen and oxygen atoms in total. The zero-order valence-electron chi connectivity index (χ0n) is 17.1. The highest BCUT2D eigenvalue weighted by atomic mass is 19.1. The Balaban J connectivity index is 1.44. The van der Waals surface area contributed by atoms with Crippen LogP contribution in [0.3, 0.4) is 0 Å². The van der Waals surface area contributed by atoms with Crippen LogP contribution in [0.4, 0.5) is 10.1 Å². The van der Waals surface area contributed by atoms with Crippen molar-refractivity contribution in [3.63, 3.8) is 0 Å². The first-order chi connectivity index (χ1) is 15.0. The van der Waals surface area contributed by atoms with Crippen molar-refractivity contribution in [2.75, 3.05) is 31.1 Å². The number of rotatable bonds is 5. The number of nitrogens with zero attached hydrogens (tertiary/aromatic N) is 3. The molecule has 7 heteroatoms. The maximum absolute atomic E-state index is 15.1. The first-order valence-corrected chi connectivity index (χ1v) is 10.6. The lowest BCUT2D eigenvalue weighted by Crippen LogP contribution is -2.46. The van der Waals surface area contributed by atoms with Gasteiger partial charge in [0, 0.05) is 50.3 Å². The molecule has 2 aromatic carbocycles. The van der Waals surface area contributed by atoms with Crippen molar-refractivity contribution in [3.8, 4) is 0 Å². The van der Waals surface area contributed by atoms with Gasteiger partial charge in [-0.15, -0.1) is 0 Å². The lowest BCUT2D eigenvalue weighted by atomic mass is 10.1. The van der Waals surface area contributed by atoms with E-state index >= 15 is 4.39 Å². The van der Waals surface area contributed by atoms with Gasteiger partial charge in [0.15, 0.2) is 0 Å². The van der Waals surface area contributed by atoms with Crippen LogP contribution < -0.4 is 10.3 Å². The summed E-state index contributed by atoms with van der Waals surface area (Å²) >= 11 is 0. The number of aromatic carboxylic acids is 1. The first kappa shape index (κ1) is 19.8. The van der Waals surface area contributed by atoms with Crippen molar-refractivity contribution < 1.29 is 14.3 Å². The fourth-order valence-electron chi connectivity index (χ4n) is 4.40. The molecule has 0 bridgehead atoms. The van der Waals surface area contributed by atoms with Gasteiger partial charge in [-0.05, 0) is 30.5 Å². The maximum atomic E-state index is 15.1. The van der Waals surface area contributed by atoms with Gasteiger partial charge in [-0.25, -0.2) is 9.18 Å². The molecular weight excluding hydrogens is 397 g/mol. The lowest BCUT2D eigenvalue weighted by molar-refractivity contribution is 0.0695. The number of hydrogen-bond acceptors (Lipinski definition) is 4. The second-order valence-electron chi connectivity index (χ2n) is 8.39. The number of carbonyl (C=O) groups is 1. The molecular formula is C24H24FN3O3. The van der Waals surface area contributed by atoms with E-state index in [2.05, 4.69) is 17.0 Å².